The number of hydrogen-bond acceptors (Lipinski definition) is 3. The van der Waals surface area contributed by atoms with Gasteiger partial charge < -0.3 is 14.6 Å². The van der Waals surface area contributed by atoms with E-state index in [9.17, 15) is 0 Å². The molecule has 0 bridgehead atoms. The van der Waals surface area contributed by atoms with Crippen molar-refractivity contribution in [3.05, 3.63) is 30.3 Å². The lowest BCUT2D eigenvalue weighted by atomic mass is 10.3. The van der Waals surface area contributed by atoms with E-state index in [2.05, 4.69) is 6.92 Å². The zero-order valence-corrected chi connectivity index (χ0v) is 10.5. The molecule has 0 amide bonds. The summed E-state index contributed by atoms with van der Waals surface area (Å²) in [4.78, 5) is 0. The van der Waals surface area contributed by atoms with Gasteiger partial charge in [0.25, 0.3) is 0 Å². The molecule has 1 aromatic carbocycles. The molecular weight excluding hydrogens is 216 g/mol. The number of phenols is 1. The average molecular weight is 238 g/mol. The van der Waals surface area contributed by atoms with Crippen LogP contribution in [0.5, 0.6) is 5.75 Å². The summed E-state index contributed by atoms with van der Waals surface area (Å²) in [6.07, 6.45) is 4.18. The van der Waals surface area contributed by atoms with E-state index in [0.29, 0.717) is 11.9 Å². The fourth-order valence-electron chi connectivity index (χ4n) is 1.26. The Labute approximate surface area is 103 Å². The van der Waals surface area contributed by atoms with Crippen molar-refractivity contribution in [1.29, 1.82) is 0 Å². The van der Waals surface area contributed by atoms with Crippen molar-refractivity contribution >= 4 is 0 Å². The maximum atomic E-state index is 8.63. The van der Waals surface area contributed by atoms with Crippen molar-refractivity contribution in [1.82, 2.24) is 0 Å². The fraction of sp³-hybridized carbons (Fsp3) is 0.571. The van der Waals surface area contributed by atoms with Gasteiger partial charge in [0.15, 0.2) is 0 Å². The zero-order valence-electron chi connectivity index (χ0n) is 10.5. The van der Waals surface area contributed by atoms with E-state index >= 15 is 0 Å². The second kappa shape index (κ2) is 9.02. The summed E-state index contributed by atoms with van der Waals surface area (Å²) in [5, 5.41) is 8.63. The SMILES string of the molecule is CCCCCOCC1CO1.Oc1ccccc1. The van der Waals surface area contributed by atoms with Gasteiger partial charge in [-0.1, -0.05) is 38.0 Å². The van der Waals surface area contributed by atoms with E-state index in [4.69, 9.17) is 14.6 Å². The second-order valence-corrected chi connectivity index (χ2v) is 4.07. The van der Waals surface area contributed by atoms with Crippen molar-refractivity contribution in [2.45, 2.75) is 32.3 Å². The topological polar surface area (TPSA) is 42.0 Å². The van der Waals surface area contributed by atoms with Gasteiger partial charge in [-0.15, -0.1) is 0 Å². The van der Waals surface area contributed by atoms with Crippen molar-refractivity contribution in [2.24, 2.45) is 0 Å². The molecule has 1 N–H and O–H groups in total. The maximum Gasteiger partial charge on any atom is 0.115 e. The van der Waals surface area contributed by atoms with Gasteiger partial charge in [-0.3, -0.25) is 0 Å². The first-order valence-electron chi connectivity index (χ1n) is 6.26. The van der Waals surface area contributed by atoms with Crippen molar-refractivity contribution in [2.75, 3.05) is 19.8 Å². The number of ether oxygens (including phenoxy) is 2. The Balaban J connectivity index is 0.000000181. The van der Waals surface area contributed by atoms with E-state index < -0.39 is 0 Å². The third-order valence-electron chi connectivity index (χ3n) is 2.35. The van der Waals surface area contributed by atoms with Crippen LogP contribution < -0.4 is 0 Å². The molecule has 0 saturated carbocycles. The van der Waals surface area contributed by atoms with Gasteiger partial charge in [-0.05, 0) is 18.6 Å². The monoisotopic (exact) mass is 238 g/mol. The molecule has 1 aliphatic heterocycles. The Morgan fingerprint density at radius 2 is 2.00 bits per heavy atom. The predicted molar refractivity (Wildman–Crippen MR) is 68.2 cm³/mol. The van der Waals surface area contributed by atoms with Gasteiger partial charge in [0.1, 0.15) is 11.9 Å². The van der Waals surface area contributed by atoms with Crippen LogP contribution in [0.2, 0.25) is 0 Å². The summed E-state index contributed by atoms with van der Waals surface area (Å²) in [6.45, 7) is 4.83. The highest BCUT2D eigenvalue weighted by Gasteiger charge is 2.21. The molecule has 1 fully saturated rings. The molecule has 1 saturated heterocycles. The molecule has 96 valence electrons. The molecule has 1 atom stereocenters. The van der Waals surface area contributed by atoms with Crippen LogP contribution in [0.4, 0.5) is 0 Å². The van der Waals surface area contributed by atoms with Gasteiger partial charge in [-0.25, -0.2) is 0 Å². The Morgan fingerprint density at radius 3 is 2.47 bits per heavy atom. The highest BCUT2D eigenvalue weighted by molar-refractivity contribution is 5.18. The van der Waals surface area contributed by atoms with E-state index in [0.717, 1.165) is 19.8 Å². The molecule has 0 radical (unpaired) electrons. The predicted octanol–water partition coefficient (Wildman–Crippen LogP) is 2.98. The van der Waals surface area contributed by atoms with E-state index in [1.807, 2.05) is 6.07 Å². The Hall–Kier alpha value is -1.06. The molecule has 17 heavy (non-hydrogen) atoms. The van der Waals surface area contributed by atoms with Crippen molar-refractivity contribution in [3.63, 3.8) is 0 Å². The fourth-order valence-corrected chi connectivity index (χ4v) is 1.26. The van der Waals surface area contributed by atoms with Gasteiger partial charge in [0.2, 0.25) is 0 Å². The number of aromatic hydroxyl groups is 1. The summed E-state index contributed by atoms with van der Waals surface area (Å²) in [6, 6.07) is 8.71. The van der Waals surface area contributed by atoms with E-state index in [1.54, 1.807) is 24.3 Å². The minimum absolute atomic E-state index is 0.322. The summed E-state index contributed by atoms with van der Waals surface area (Å²) in [5.41, 5.74) is 0. The molecular formula is C14H22O3. The van der Waals surface area contributed by atoms with Gasteiger partial charge in [0.05, 0.1) is 13.2 Å². The van der Waals surface area contributed by atoms with Crippen molar-refractivity contribution < 1.29 is 14.6 Å². The first-order chi connectivity index (χ1) is 8.33. The number of phenolic OH excluding ortho intramolecular Hbond substituents is 1. The molecule has 1 unspecified atom stereocenters. The van der Waals surface area contributed by atoms with Crippen LogP contribution in [0, 0.1) is 0 Å². The Kier molecular flexibility index (Phi) is 7.43. The summed E-state index contributed by atoms with van der Waals surface area (Å²) in [7, 11) is 0. The molecule has 0 aromatic heterocycles. The molecule has 0 aliphatic carbocycles. The summed E-state index contributed by atoms with van der Waals surface area (Å²) >= 11 is 0. The van der Waals surface area contributed by atoms with Crippen LogP contribution in [0.1, 0.15) is 26.2 Å². The number of para-hydroxylation sites is 1. The minimum Gasteiger partial charge on any atom is -0.508 e. The van der Waals surface area contributed by atoms with Crippen LogP contribution in [-0.2, 0) is 9.47 Å². The molecule has 1 heterocycles. The van der Waals surface area contributed by atoms with Crippen LogP contribution >= 0.6 is 0 Å². The van der Waals surface area contributed by atoms with Gasteiger partial charge in [0, 0.05) is 6.61 Å². The number of rotatable bonds is 6. The first kappa shape index (κ1) is 14.0. The second-order valence-electron chi connectivity index (χ2n) is 4.07. The zero-order chi connectivity index (χ0) is 12.3. The molecule has 3 heteroatoms. The molecule has 1 aliphatic rings. The number of benzene rings is 1. The Bertz CT molecular complexity index is 270. The van der Waals surface area contributed by atoms with Crippen molar-refractivity contribution in [3.8, 4) is 5.75 Å². The minimum atomic E-state index is 0.322. The standard InChI is InChI=1S/C8H16O2.C6H6O/c1-2-3-4-5-9-6-8-7-10-8;7-6-4-2-1-3-5-6/h8H,2-7H2,1H3;1-5,7H. The first-order valence-corrected chi connectivity index (χ1v) is 6.26. The smallest absolute Gasteiger partial charge is 0.115 e. The molecule has 1 aromatic rings. The highest BCUT2D eigenvalue weighted by Crippen LogP contribution is 2.08. The number of unbranched alkanes of at least 4 members (excludes halogenated alkanes) is 2. The van der Waals surface area contributed by atoms with E-state index in [1.165, 1.54) is 19.3 Å². The number of epoxide rings is 1. The molecule has 2 rings (SSSR count). The van der Waals surface area contributed by atoms with Crippen LogP contribution in [-0.4, -0.2) is 31.0 Å². The Morgan fingerprint density at radius 1 is 1.29 bits per heavy atom. The quantitative estimate of drug-likeness (QED) is 0.612. The van der Waals surface area contributed by atoms with Gasteiger partial charge in [-0.2, -0.15) is 0 Å². The lowest BCUT2D eigenvalue weighted by Gasteiger charge is -1.99. The van der Waals surface area contributed by atoms with Crippen LogP contribution in [0.3, 0.4) is 0 Å². The molecule has 3 nitrogen and oxygen atoms in total. The van der Waals surface area contributed by atoms with Crippen LogP contribution in [0.15, 0.2) is 30.3 Å². The van der Waals surface area contributed by atoms with Gasteiger partial charge >= 0.3 is 0 Å². The number of hydrogen-bond donors (Lipinski definition) is 1. The summed E-state index contributed by atoms with van der Waals surface area (Å²) in [5.74, 6) is 0.322. The highest BCUT2D eigenvalue weighted by atomic mass is 16.6. The largest absolute Gasteiger partial charge is 0.508 e. The summed E-state index contributed by atoms with van der Waals surface area (Å²) < 4.78 is 10.3. The van der Waals surface area contributed by atoms with E-state index in [-0.39, 0.29) is 0 Å². The third kappa shape index (κ3) is 8.72. The van der Waals surface area contributed by atoms with Crippen LogP contribution in [0.25, 0.3) is 0 Å². The normalized spacial score (nSPS) is 17.1. The lowest BCUT2D eigenvalue weighted by molar-refractivity contribution is 0.113. The maximum absolute atomic E-state index is 8.63. The third-order valence-corrected chi connectivity index (χ3v) is 2.35. The average Bonchev–Trinajstić information content (AvgIpc) is 3.15. The lowest BCUT2D eigenvalue weighted by Crippen LogP contribution is -2.02. The molecule has 0 spiro atoms.